The van der Waals surface area contributed by atoms with Gasteiger partial charge in [-0.05, 0) is 30.7 Å². The van der Waals surface area contributed by atoms with E-state index in [1.807, 2.05) is 24.3 Å². The van der Waals surface area contributed by atoms with Crippen LogP contribution in [0, 0.1) is 0 Å². The van der Waals surface area contributed by atoms with Gasteiger partial charge < -0.3 is 10.1 Å². The number of benzene rings is 1. The van der Waals surface area contributed by atoms with E-state index >= 15 is 0 Å². The zero-order chi connectivity index (χ0) is 13.9. The van der Waals surface area contributed by atoms with Crippen molar-refractivity contribution in [2.24, 2.45) is 0 Å². The van der Waals surface area contributed by atoms with Crippen molar-refractivity contribution in [3.8, 4) is 5.75 Å². The predicted molar refractivity (Wildman–Crippen MR) is 80.9 cm³/mol. The molecule has 1 aromatic rings. The van der Waals surface area contributed by atoms with Gasteiger partial charge in [0, 0.05) is 23.6 Å². The first-order chi connectivity index (χ1) is 9.26. The quantitative estimate of drug-likeness (QED) is 0.556. The molecule has 1 rings (SSSR count). The lowest BCUT2D eigenvalue weighted by Gasteiger charge is -2.05. The highest BCUT2D eigenvalue weighted by atomic mass is 32.2. The summed E-state index contributed by atoms with van der Waals surface area (Å²) in [4.78, 5) is 12.7. The van der Waals surface area contributed by atoms with Gasteiger partial charge in [-0.3, -0.25) is 4.79 Å². The minimum absolute atomic E-state index is 0.150. The molecule has 1 aromatic carbocycles. The lowest BCUT2D eigenvalue weighted by atomic mass is 10.2. The molecule has 0 atom stereocenters. The van der Waals surface area contributed by atoms with Crippen molar-refractivity contribution < 1.29 is 9.53 Å². The number of nitrogens with one attached hydrogen (secondary N) is 1. The number of rotatable bonds is 9. The van der Waals surface area contributed by atoms with E-state index in [9.17, 15) is 4.79 Å². The van der Waals surface area contributed by atoms with Gasteiger partial charge in [0.05, 0.1) is 7.11 Å². The van der Waals surface area contributed by atoms with Crippen LogP contribution in [0.5, 0.6) is 5.75 Å². The zero-order valence-corrected chi connectivity index (χ0v) is 12.6. The van der Waals surface area contributed by atoms with Crippen molar-refractivity contribution in [1.29, 1.82) is 0 Å². The third kappa shape index (κ3) is 7.11. The zero-order valence-electron chi connectivity index (χ0n) is 11.8. The molecule has 0 aromatic heterocycles. The van der Waals surface area contributed by atoms with Crippen LogP contribution in [0.25, 0.3) is 0 Å². The van der Waals surface area contributed by atoms with E-state index in [-0.39, 0.29) is 5.91 Å². The molecule has 0 unspecified atom stereocenters. The van der Waals surface area contributed by atoms with E-state index in [1.54, 1.807) is 18.9 Å². The number of carbonyl (C=O) groups is 1. The maximum atomic E-state index is 11.6. The van der Waals surface area contributed by atoms with Crippen molar-refractivity contribution in [3.05, 3.63) is 24.3 Å². The number of hydrogen-bond acceptors (Lipinski definition) is 3. The van der Waals surface area contributed by atoms with Crippen LogP contribution in [0.1, 0.15) is 32.6 Å². The Morgan fingerprint density at radius 1 is 1.26 bits per heavy atom. The lowest BCUT2D eigenvalue weighted by molar-refractivity contribution is -0.120. The second-order valence-electron chi connectivity index (χ2n) is 4.33. The van der Waals surface area contributed by atoms with E-state index in [2.05, 4.69) is 12.2 Å². The summed E-state index contributed by atoms with van der Waals surface area (Å²) in [6.07, 6.45) is 4.01. The third-order valence-corrected chi connectivity index (χ3v) is 3.77. The van der Waals surface area contributed by atoms with Gasteiger partial charge >= 0.3 is 0 Å². The van der Waals surface area contributed by atoms with Crippen LogP contribution < -0.4 is 10.1 Å². The molecular formula is C15H23NO2S. The Bertz CT molecular complexity index is 365. The summed E-state index contributed by atoms with van der Waals surface area (Å²) >= 11 is 1.70. The average Bonchev–Trinajstić information content (AvgIpc) is 2.44. The molecule has 0 aliphatic heterocycles. The molecule has 0 saturated heterocycles. The van der Waals surface area contributed by atoms with Gasteiger partial charge in [-0.15, -0.1) is 11.8 Å². The number of ether oxygens (including phenoxy) is 1. The van der Waals surface area contributed by atoms with Gasteiger partial charge in [0.1, 0.15) is 5.75 Å². The largest absolute Gasteiger partial charge is 0.497 e. The van der Waals surface area contributed by atoms with Crippen LogP contribution in [0.2, 0.25) is 0 Å². The fraction of sp³-hybridized carbons (Fsp3) is 0.533. The third-order valence-electron chi connectivity index (χ3n) is 2.76. The Balaban J connectivity index is 2.13. The summed E-state index contributed by atoms with van der Waals surface area (Å²) < 4.78 is 5.10. The molecule has 0 saturated carbocycles. The minimum Gasteiger partial charge on any atom is -0.497 e. The maximum Gasteiger partial charge on any atom is 0.220 e. The molecule has 0 spiro atoms. The van der Waals surface area contributed by atoms with Crippen molar-refractivity contribution in [3.63, 3.8) is 0 Å². The first kappa shape index (κ1) is 15.9. The van der Waals surface area contributed by atoms with Crippen LogP contribution in [-0.4, -0.2) is 25.3 Å². The van der Waals surface area contributed by atoms with Crippen LogP contribution in [0.15, 0.2) is 29.2 Å². The number of thioether (sulfide) groups is 1. The molecule has 0 bridgehead atoms. The maximum absolute atomic E-state index is 11.6. The van der Waals surface area contributed by atoms with Crippen LogP contribution in [0.4, 0.5) is 0 Å². The van der Waals surface area contributed by atoms with Crippen molar-refractivity contribution in [2.75, 3.05) is 19.4 Å². The number of hydrogen-bond donors (Lipinski definition) is 1. The van der Waals surface area contributed by atoms with Crippen LogP contribution in [0.3, 0.4) is 0 Å². The molecule has 19 heavy (non-hydrogen) atoms. The van der Waals surface area contributed by atoms with E-state index in [0.717, 1.165) is 24.5 Å². The van der Waals surface area contributed by atoms with E-state index < -0.39 is 0 Å². The molecule has 0 aliphatic carbocycles. The van der Waals surface area contributed by atoms with E-state index in [4.69, 9.17) is 4.74 Å². The minimum atomic E-state index is 0.150. The summed E-state index contributed by atoms with van der Waals surface area (Å²) in [5, 5.41) is 2.95. The van der Waals surface area contributed by atoms with Crippen LogP contribution in [-0.2, 0) is 4.79 Å². The fourth-order valence-electron chi connectivity index (χ4n) is 1.62. The molecule has 0 aliphatic rings. The summed E-state index contributed by atoms with van der Waals surface area (Å²) in [6, 6.07) is 7.91. The van der Waals surface area contributed by atoms with Gasteiger partial charge in [0.25, 0.3) is 0 Å². The Morgan fingerprint density at radius 2 is 2.00 bits per heavy atom. The fourth-order valence-corrected chi connectivity index (χ4v) is 2.48. The van der Waals surface area contributed by atoms with Gasteiger partial charge in [-0.25, -0.2) is 0 Å². The monoisotopic (exact) mass is 281 g/mol. The average molecular weight is 281 g/mol. The lowest BCUT2D eigenvalue weighted by Crippen LogP contribution is -2.24. The van der Waals surface area contributed by atoms with Crippen molar-refractivity contribution >= 4 is 17.7 Å². The molecular weight excluding hydrogens is 258 g/mol. The highest BCUT2D eigenvalue weighted by Crippen LogP contribution is 2.21. The number of carbonyl (C=O) groups excluding carboxylic acids is 1. The topological polar surface area (TPSA) is 38.3 Å². The Kier molecular flexibility index (Phi) is 8.14. The predicted octanol–water partition coefficient (Wildman–Crippen LogP) is 3.48. The smallest absolute Gasteiger partial charge is 0.220 e. The first-order valence-corrected chi connectivity index (χ1v) is 7.78. The SMILES string of the molecule is CCCCCNC(=O)CCSc1ccc(OC)cc1. The highest BCUT2D eigenvalue weighted by Gasteiger charge is 2.01. The van der Waals surface area contributed by atoms with Crippen molar-refractivity contribution in [1.82, 2.24) is 5.32 Å². The second-order valence-corrected chi connectivity index (χ2v) is 5.50. The molecule has 106 valence electrons. The number of amides is 1. The molecule has 0 heterocycles. The summed E-state index contributed by atoms with van der Waals surface area (Å²) in [6.45, 7) is 2.97. The molecule has 1 N–H and O–H groups in total. The van der Waals surface area contributed by atoms with Gasteiger partial charge in [-0.2, -0.15) is 0 Å². The normalized spacial score (nSPS) is 10.2. The first-order valence-electron chi connectivity index (χ1n) is 6.79. The standard InChI is InChI=1S/C15H23NO2S/c1-3-4-5-11-16-15(17)10-12-19-14-8-6-13(18-2)7-9-14/h6-9H,3-5,10-12H2,1-2H3,(H,16,17). The molecule has 4 heteroatoms. The van der Waals surface area contributed by atoms with Crippen molar-refractivity contribution in [2.45, 2.75) is 37.5 Å². The van der Waals surface area contributed by atoms with Crippen LogP contribution >= 0.6 is 11.8 Å². The second kappa shape index (κ2) is 9.73. The van der Waals surface area contributed by atoms with Gasteiger partial charge in [0.2, 0.25) is 5.91 Å². The Hall–Kier alpha value is -1.16. The Labute approximate surface area is 120 Å². The molecule has 1 amide bonds. The number of unbranched alkanes of at least 4 members (excludes halogenated alkanes) is 2. The van der Waals surface area contributed by atoms with Gasteiger partial charge in [0.15, 0.2) is 0 Å². The summed E-state index contributed by atoms with van der Waals surface area (Å²) in [5.41, 5.74) is 0. The van der Waals surface area contributed by atoms with Gasteiger partial charge in [-0.1, -0.05) is 19.8 Å². The molecule has 0 fully saturated rings. The van der Waals surface area contributed by atoms with E-state index in [1.165, 1.54) is 17.7 Å². The van der Waals surface area contributed by atoms with E-state index in [0.29, 0.717) is 6.42 Å². The number of methoxy groups -OCH3 is 1. The summed E-state index contributed by atoms with van der Waals surface area (Å²) in [5.74, 6) is 1.82. The Morgan fingerprint density at radius 3 is 2.63 bits per heavy atom. The highest BCUT2D eigenvalue weighted by molar-refractivity contribution is 7.99. The molecule has 0 radical (unpaired) electrons. The molecule has 3 nitrogen and oxygen atoms in total. The summed E-state index contributed by atoms with van der Waals surface area (Å²) in [7, 11) is 1.66.